The number of rotatable bonds is 5. The second-order valence-electron chi connectivity index (χ2n) is 6.67. The standard InChI is InChI=1S/C21H19ClN2O2/c1-2-14-3-9-17(10-4-14)23-20(25)21(11-12-21)19-13-18(26-24-19)15-5-7-16(22)8-6-15/h3-10,13H,2,11-12H2,1H3,(H,23,25). The molecule has 0 bridgehead atoms. The Hall–Kier alpha value is -2.59. The first kappa shape index (κ1) is 16.9. The van der Waals surface area contributed by atoms with Crippen LogP contribution in [-0.4, -0.2) is 11.1 Å². The Kier molecular flexibility index (Phi) is 4.29. The van der Waals surface area contributed by atoms with Crippen molar-refractivity contribution in [1.82, 2.24) is 5.16 Å². The van der Waals surface area contributed by atoms with Gasteiger partial charge in [-0.15, -0.1) is 0 Å². The highest BCUT2D eigenvalue weighted by atomic mass is 35.5. The third kappa shape index (κ3) is 3.13. The molecular weight excluding hydrogens is 348 g/mol. The van der Waals surface area contributed by atoms with Crippen molar-refractivity contribution in [3.63, 3.8) is 0 Å². The molecule has 1 N–H and O–H groups in total. The van der Waals surface area contributed by atoms with Crippen LogP contribution in [-0.2, 0) is 16.6 Å². The molecule has 0 spiro atoms. The number of nitrogens with zero attached hydrogens (tertiary/aromatic N) is 1. The molecule has 0 radical (unpaired) electrons. The molecule has 1 saturated carbocycles. The molecule has 2 aromatic carbocycles. The van der Waals surface area contributed by atoms with E-state index in [0.717, 1.165) is 30.5 Å². The van der Waals surface area contributed by atoms with E-state index < -0.39 is 5.41 Å². The van der Waals surface area contributed by atoms with E-state index in [2.05, 4.69) is 17.4 Å². The third-order valence-corrected chi connectivity index (χ3v) is 5.19. The molecular formula is C21H19ClN2O2. The van der Waals surface area contributed by atoms with Crippen molar-refractivity contribution in [1.29, 1.82) is 0 Å². The first-order valence-electron chi connectivity index (χ1n) is 8.74. The Bertz CT molecular complexity index is 925. The van der Waals surface area contributed by atoms with Crippen molar-refractivity contribution in [2.75, 3.05) is 5.32 Å². The van der Waals surface area contributed by atoms with E-state index >= 15 is 0 Å². The molecule has 0 aliphatic heterocycles. The monoisotopic (exact) mass is 366 g/mol. The van der Waals surface area contributed by atoms with Gasteiger partial charge in [-0.1, -0.05) is 35.8 Å². The highest BCUT2D eigenvalue weighted by molar-refractivity contribution is 6.30. The molecule has 0 atom stereocenters. The Labute approximate surface area is 157 Å². The number of anilines is 1. The van der Waals surface area contributed by atoms with E-state index in [1.165, 1.54) is 5.56 Å². The normalized spacial score (nSPS) is 14.8. The molecule has 1 amide bonds. The van der Waals surface area contributed by atoms with Gasteiger partial charge < -0.3 is 9.84 Å². The predicted octanol–water partition coefficient (Wildman–Crippen LogP) is 5.23. The molecule has 132 valence electrons. The molecule has 1 aliphatic carbocycles. The van der Waals surface area contributed by atoms with Crippen molar-refractivity contribution in [2.24, 2.45) is 0 Å². The Morgan fingerprint density at radius 1 is 1.15 bits per heavy atom. The summed E-state index contributed by atoms with van der Waals surface area (Å²) in [6.07, 6.45) is 2.53. The fraction of sp³-hybridized carbons (Fsp3) is 0.238. The lowest BCUT2D eigenvalue weighted by molar-refractivity contribution is -0.118. The van der Waals surface area contributed by atoms with Crippen molar-refractivity contribution in [3.8, 4) is 11.3 Å². The largest absolute Gasteiger partial charge is 0.356 e. The number of halogens is 1. The zero-order chi connectivity index (χ0) is 18.1. The van der Waals surface area contributed by atoms with E-state index in [4.69, 9.17) is 16.1 Å². The number of aryl methyl sites for hydroxylation is 1. The number of aromatic nitrogens is 1. The van der Waals surface area contributed by atoms with Crippen molar-refractivity contribution < 1.29 is 9.32 Å². The number of hydrogen-bond acceptors (Lipinski definition) is 3. The molecule has 1 fully saturated rings. The minimum absolute atomic E-state index is 0.0299. The average Bonchev–Trinajstić information content (AvgIpc) is 3.33. The van der Waals surface area contributed by atoms with Crippen LogP contribution in [0.5, 0.6) is 0 Å². The van der Waals surface area contributed by atoms with Gasteiger partial charge in [-0.3, -0.25) is 4.79 Å². The number of amides is 1. The molecule has 0 unspecified atom stereocenters. The topological polar surface area (TPSA) is 55.1 Å². The van der Waals surface area contributed by atoms with E-state index in [9.17, 15) is 4.79 Å². The van der Waals surface area contributed by atoms with Crippen LogP contribution in [0.1, 0.15) is 31.0 Å². The van der Waals surface area contributed by atoms with Crippen LogP contribution in [0.15, 0.2) is 59.1 Å². The van der Waals surface area contributed by atoms with Gasteiger partial charge in [0.2, 0.25) is 5.91 Å². The third-order valence-electron chi connectivity index (χ3n) is 4.93. The first-order chi connectivity index (χ1) is 12.6. The fourth-order valence-electron chi connectivity index (χ4n) is 3.05. The highest BCUT2D eigenvalue weighted by Gasteiger charge is 2.53. The SMILES string of the molecule is CCc1ccc(NC(=O)C2(c3cc(-c4ccc(Cl)cc4)on3)CC2)cc1. The zero-order valence-corrected chi connectivity index (χ0v) is 15.2. The van der Waals surface area contributed by atoms with E-state index in [1.54, 1.807) is 12.1 Å². The smallest absolute Gasteiger partial charge is 0.236 e. The highest BCUT2D eigenvalue weighted by Crippen LogP contribution is 2.49. The molecule has 1 heterocycles. The van der Waals surface area contributed by atoms with Crippen LogP contribution >= 0.6 is 11.6 Å². The summed E-state index contributed by atoms with van der Waals surface area (Å²) < 4.78 is 5.47. The number of carbonyl (C=O) groups is 1. The van der Waals surface area contributed by atoms with Crippen LogP contribution in [0.4, 0.5) is 5.69 Å². The Morgan fingerprint density at radius 2 is 1.85 bits per heavy atom. The second kappa shape index (κ2) is 6.61. The molecule has 0 saturated heterocycles. The molecule has 4 nitrogen and oxygen atoms in total. The summed E-state index contributed by atoms with van der Waals surface area (Å²) in [5, 5.41) is 7.85. The van der Waals surface area contributed by atoms with Gasteiger partial charge in [0.25, 0.3) is 0 Å². The van der Waals surface area contributed by atoms with Crippen LogP contribution in [0.3, 0.4) is 0 Å². The Morgan fingerprint density at radius 3 is 2.46 bits per heavy atom. The molecule has 3 aromatic rings. The van der Waals surface area contributed by atoms with Crippen molar-refractivity contribution >= 4 is 23.2 Å². The van der Waals surface area contributed by atoms with Gasteiger partial charge in [-0.2, -0.15) is 0 Å². The summed E-state index contributed by atoms with van der Waals surface area (Å²) in [5.41, 5.74) is 3.04. The van der Waals surface area contributed by atoms with Gasteiger partial charge in [0.05, 0.1) is 11.1 Å². The minimum Gasteiger partial charge on any atom is -0.356 e. The number of hydrogen-bond donors (Lipinski definition) is 1. The van der Waals surface area contributed by atoms with E-state index in [1.807, 2.05) is 42.5 Å². The maximum atomic E-state index is 12.8. The van der Waals surface area contributed by atoms with Gasteiger partial charge in [0.15, 0.2) is 5.76 Å². The number of carbonyl (C=O) groups excluding carboxylic acids is 1. The maximum absolute atomic E-state index is 12.8. The summed E-state index contributed by atoms with van der Waals surface area (Å²) >= 11 is 5.93. The van der Waals surface area contributed by atoms with Crippen LogP contribution in [0.2, 0.25) is 5.02 Å². The molecule has 1 aliphatic rings. The summed E-state index contributed by atoms with van der Waals surface area (Å²) in [7, 11) is 0. The van der Waals surface area contributed by atoms with Crippen molar-refractivity contribution in [2.45, 2.75) is 31.6 Å². The fourth-order valence-corrected chi connectivity index (χ4v) is 3.18. The Balaban J connectivity index is 1.53. The van der Waals surface area contributed by atoms with Gasteiger partial charge >= 0.3 is 0 Å². The molecule has 1 aromatic heterocycles. The first-order valence-corrected chi connectivity index (χ1v) is 9.12. The zero-order valence-electron chi connectivity index (χ0n) is 14.5. The number of nitrogens with one attached hydrogen (secondary N) is 1. The van der Waals surface area contributed by atoms with Gasteiger partial charge in [0, 0.05) is 22.3 Å². The molecule has 26 heavy (non-hydrogen) atoms. The maximum Gasteiger partial charge on any atom is 0.236 e. The summed E-state index contributed by atoms with van der Waals surface area (Å²) in [6.45, 7) is 2.11. The molecule has 5 heteroatoms. The van der Waals surface area contributed by atoms with Gasteiger partial charge in [0.1, 0.15) is 0 Å². The van der Waals surface area contributed by atoms with Crippen LogP contribution in [0, 0.1) is 0 Å². The summed E-state index contributed by atoms with van der Waals surface area (Å²) in [4.78, 5) is 12.8. The lowest BCUT2D eigenvalue weighted by atomic mass is 10.00. The van der Waals surface area contributed by atoms with Gasteiger partial charge in [-0.05, 0) is 61.2 Å². The lowest BCUT2D eigenvalue weighted by Gasteiger charge is -2.12. The van der Waals surface area contributed by atoms with Crippen LogP contribution < -0.4 is 5.32 Å². The second-order valence-corrected chi connectivity index (χ2v) is 7.11. The van der Waals surface area contributed by atoms with Crippen molar-refractivity contribution in [3.05, 3.63) is 70.9 Å². The summed E-state index contributed by atoms with van der Waals surface area (Å²) in [5.74, 6) is 0.612. The number of benzene rings is 2. The minimum atomic E-state index is -0.586. The van der Waals surface area contributed by atoms with E-state index in [0.29, 0.717) is 16.5 Å². The van der Waals surface area contributed by atoms with Crippen LogP contribution in [0.25, 0.3) is 11.3 Å². The summed E-state index contributed by atoms with van der Waals surface area (Å²) in [6, 6.07) is 17.2. The lowest BCUT2D eigenvalue weighted by Crippen LogP contribution is -2.28. The quantitative estimate of drug-likeness (QED) is 0.672. The van der Waals surface area contributed by atoms with Gasteiger partial charge in [-0.25, -0.2) is 0 Å². The molecule has 4 rings (SSSR count). The average molecular weight is 367 g/mol. The van der Waals surface area contributed by atoms with E-state index in [-0.39, 0.29) is 5.91 Å². The predicted molar refractivity (Wildman–Crippen MR) is 102 cm³/mol.